The molecule has 0 bridgehead atoms. The zero-order valence-electron chi connectivity index (χ0n) is 16.3. The fourth-order valence-electron chi connectivity index (χ4n) is 3.36. The minimum Gasteiger partial charge on any atom is -0.477 e. The van der Waals surface area contributed by atoms with Gasteiger partial charge in [-0.15, -0.1) is 0 Å². The molecule has 2 fully saturated rings. The van der Waals surface area contributed by atoms with Gasteiger partial charge in [-0.25, -0.2) is 9.97 Å². The van der Waals surface area contributed by atoms with E-state index in [0.717, 1.165) is 36.0 Å². The van der Waals surface area contributed by atoms with Crippen molar-refractivity contribution in [3.05, 3.63) is 12.1 Å². The second-order valence-corrected chi connectivity index (χ2v) is 8.77. The summed E-state index contributed by atoms with van der Waals surface area (Å²) in [6, 6.07) is 3.86. The van der Waals surface area contributed by atoms with Gasteiger partial charge < -0.3 is 19.5 Å². The first-order chi connectivity index (χ1) is 13.5. The molecule has 152 valence electrons. The Morgan fingerprint density at radius 3 is 2.82 bits per heavy atom. The Labute approximate surface area is 168 Å². The molecule has 1 N–H and O–H groups in total. The van der Waals surface area contributed by atoms with Crippen molar-refractivity contribution in [3.8, 4) is 11.1 Å². The lowest BCUT2D eigenvalue weighted by atomic mass is 9.83. The molecule has 0 saturated heterocycles. The number of thiazole rings is 1. The van der Waals surface area contributed by atoms with Gasteiger partial charge in [-0.05, 0) is 51.0 Å². The maximum absolute atomic E-state index is 11.0. The van der Waals surface area contributed by atoms with E-state index in [2.05, 4.69) is 15.3 Å². The van der Waals surface area contributed by atoms with Gasteiger partial charge in [-0.1, -0.05) is 11.3 Å². The number of hydrogen-bond donors (Lipinski definition) is 1. The van der Waals surface area contributed by atoms with Gasteiger partial charge >= 0.3 is 0 Å². The number of nitrogens with zero attached hydrogens (tertiary/aromatic N) is 2. The summed E-state index contributed by atoms with van der Waals surface area (Å²) in [5, 5.41) is 3.53. The zero-order chi connectivity index (χ0) is 19.5. The maximum atomic E-state index is 11.0. The lowest BCUT2D eigenvalue weighted by Gasteiger charge is -2.35. The highest BCUT2D eigenvalue weighted by Crippen LogP contribution is 2.33. The highest BCUT2D eigenvalue weighted by Gasteiger charge is 2.31. The van der Waals surface area contributed by atoms with Crippen LogP contribution in [0.25, 0.3) is 10.3 Å². The number of hydrogen-bond acceptors (Lipinski definition) is 7. The largest absolute Gasteiger partial charge is 0.477 e. The summed E-state index contributed by atoms with van der Waals surface area (Å²) in [6.07, 6.45) is 6.03. The summed E-state index contributed by atoms with van der Waals surface area (Å²) in [6.45, 7) is 4.66. The summed E-state index contributed by atoms with van der Waals surface area (Å²) in [4.78, 5) is 20.9. The Hall–Kier alpha value is -1.93. The molecule has 0 unspecified atom stereocenters. The lowest BCUT2D eigenvalue weighted by molar-refractivity contribution is -0.120. The van der Waals surface area contributed by atoms with Gasteiger partial charge in [0.05, 0.1) is 19.3 Å². The van der Waals surface area contributed by atoms with Crippen molar-refractivity contribution in [3.63, 3.8) is 0 Å². The molecule has 2 aromatic rings. The topological polar surface area (TPSA) is 82.6 Å². The average molecular weight is 406 g/mol. The third-order valence-corrected chi connectivity index (χ3v) is 6.08. The van der Waals surface area contributed by atoms with E-state index in [1.165, 1.54) is 24.7 Å². The monoisotopic (exact) mass is 405 g/mol. The molecule has 2 heterocycles. The fraction of sp³-hybridized carbons (Fsp3) is 0.650. The van der Waals surface area contributed by atoms with Crippen LogP contribution in [0.1, 0.15) is 46.0 Å². The van der Waals surface area contributed by atoms with Crippen LogP contribution >= 0.6 is 11.3 Å². The van der Waals surface area contributed by atoms with Gasteiger partial charge in [0.1, 0.15) is 11.6 Å². The van der Waals surface area contributed by atoms with Crippen molar-refractivity contribution in [2.75, 3.05) is 13.2 Å². The first-order valence-electron chi connectivity index (χ1n) is 10.0. The fourth-order valence-corrected chi connectivity index (χ4v) is 4.21. The van der Waals surface area contributed by atoms with Crippen molar-refractivity contribution in [2.24, 2.45) is 5.92 Å². The molecule has 8 heteroatoms. The van der Waals surface area contributed by atoms with Crippen LogP contribution in [0.15, 0.2) is 12.1 Å². The molecule has 0 radical (unpaired) electrons. The second kappa shape index (κ2) is 8.61. The molecule has 2 aliphatic rings. The van der Waals surface area contributed by atoms with E-state index in [1.807, 2.05) is 19.1 Å². The van der Waals surface area contributed by atoms with Gasteiger partial charge in [-0.3, -0.25) is 4.79 Å². The number of fused-ring (bicyclic) bond motifs is 1. The van der Waals surface area contributed by atoms with Crippen molar-refractivity contribution in [2.45, 2.75) is 64.2 Å². The second-order valence-electron chi connectivity index (χ2n) is 7.83. The number of nitrogens with one attached hydrogen (secondary N) is 1. The molecule has 28 heavy (non-hydrogen) atoms. The van der Waals surface area contributed by atoms with E-state index in [0.29, 0.717) is 36.3 Å². The third kappa shape index (κ3) is 4.91. The van der Waals surface area contributed by atoms with Gasteiger partial charge in [-0.2, -0.15) is 0 Å². The molecular formula is C20H27N3O4S. The van der Waals surface area contributed by atoms with E-state index in [4.69, 9.17) is 14.2 Å². The summed E-state index contributed by atoms with van der Waals surface area (Å²) in [5.41, 5.74) is 0.858. The molecule has 0 aliphatic heterocycles. The van der Waals surface area contributed by atoms with Crippen LogP contribution in [-0.2, 0) is 9.53 Å². The average Bonchev–Trinajstić information content (AvgIpc) is 2.97. The zero-order valence-corrected chi connectivity index (χ0v) is 17.2. The van der Waals surface area contributed by atoms with Gasteiger partial charge in [0.2, 0.25) is 11.8 Å². The normalized spacial score (nSPS) is 22.9. The van der Waals surface area contributed by atoms with E-state index >= 15 is 0 Å². The molecule has 0 spiro atoms. The van der Waals surface area contributed by atoms with Crippen LogP contribution in [0, 0.1) is 5.92 Å². The molecule has 2 saturated carbocycles. The van der Waals surface area contributed by atoms with Crippen molar-refractivity contribution < 1.29 is 19.0 Å². The first kappa shape index (κ1) is 19.4. The van der Waals surface area contributed by atoms with Crippen LogP contribution in [0.4, 0.5) is 0 Å². The van der Waals surface area contributed by atoms with Crippen LogP contribution in [0.3, 0.4) is 0 Å². The Balaban J connectivity index is 1.19. The molecule has 2 aliphatic carbocycles. The quantitative estimate of drug-likeness (QED) is 0.689. The van der Waals surface area contributed by atoms with Gasteiger partial charge in [0, 0.05) is 19.0 Å². The first-order valence-corrected chi connectivity index (χ1v) is 10.8. The number of ether oxygens (including phenoxy) is 3. The van der Waals surface area contributed by atoms with Crippen LogP contribution in [0.2, 0.25) is 0 Å². The number of carbonyl (C=O) groups is 1. The summed E-state index contributed by atoms with van der Waals surface area (Å²) in [5.74, 6) is 1.09. The van der Waals surface area contributed by atoms with E-state index in [-0.39, 0.29) is 18.1 Å². The van der Waals surface area contributed by atoms with Crippen LogP contribution < -0.4 is 14.8 Å². The highest BCUT2D eigenvalue weighted by molar-refractivity contribution is 7.19. The SMILES string of the molecule is CC(=O)N[C@@H](C)COC1CC(COc2ccc3nc(OC4CCC4)sc3n2)C1. The Morgan fingerprint density at radius 1 is 1.29 bits per heavy atom. The minimum absolute atomic E-state index is 0.0249. The summed E-state index contributed by atoms with van der Waals surface area (Å²) < 4.78 is 17.6. The standard InChI is InChI=1S/C20H27N3O4S/c1-12(21-13(2)24)10-25-16-8-14(9-16)11-26-18-7-6-17-19(23-18)28-20(22-17)27-15-4-3-5-15/h6-7,12,14-16H,3-5,8-11H2,1-2H3,(H,21,24)/t12-,14?,16?/m0/s1. The number of amides is 1. The predicted octanol–water partition coefficient (Wildman–Crippen LogP) is 3.32. The molecule has 1 amide bonds. The Kier molecular flexibility index (Phi) is 5.96. The smallest absolute Gasteiger partial charge is 0.276 e. The predicted molar refractivity (Wildman–Crippen MR) is 107 cm³/mol. The maximum Gasteiger partial charge on any atom is 0.276 e. The number of carbonyl (C=O) groups excluding carboxylic acids is 1. The van der Waals surface area contributed by atoms with Gasteiger partial charge in [0.15, 0.2) is 4.83 Å². The molecular weight excluding hydrogens is 378 g/mol. The molecule has 1 atom stereocenters. The Bertz CT molecular complexity index is 817. The molecule has 4 rings (SSSR count). The molecule has 0 aromatic carbocycles. The number of pyridine rings is 1. The van der Waals surface area contributed by atoms with E-state index < -0.39 is 0 Å². The van der Waals surface area contributed by atoms with Crippen molar-refractivity contribution >= 4 is 27.6 Å². The lowest BCUT2D eigenvalue weighted by Crippen LogP contribution is -2.40. The third-order valence-electron chi connectivity index (χ3n) is 5.22. The van der Waals surface area contributed by atoms with E-state index in [1.54, 1.807) is 0 Å². The minimum atomic E-state index is -0.0249. The van der Waals surface area contributed by atoms with Crippen LogP contribution in [0.5, 0.6) is 11.1 Å². The Morgan fingerprint density at radius 2 is 2.11 bits per heavy atom. The number of aromatic nitrogens is 2. The van der Waals surface area contributed by atoms with Crippen molar-refractivity contribution in [1.29, 1.82) is 0 Å². The van der Waals surface area contributed by atoms with E-state index in [9.17, 15) is 4.79 Å². The molecule has 7 nitrogen and oxygen atoms in total. The van der Waals surface area contributed by atoms with Crippen molar-refractivity contribution in [1.82, 2.24) is 15.3 Å². The highest BCUT2D eigenvalue weighted by atomic mass is 32.1. The summed E-state index contributed by atoms with van der Waals surface area (Å²) >= 11 is 1.48. The molecule has 2 aromatic heterocycles. The van der Waals surface area contributed by atoms with Gasteiger partial charge in [0.25, 0.3) is 5.19 Å². The summed E-state index contributed by atoms with van der Waals surface area (Å²) in [7, 11) is 0. The number of rotatable bonds is 9. The van der Waals surface area contributed by atoms with Crippen LogP contribution in [-0.4, -0.2) is 47.3 Å².